The van der Waals surface area contributed by atoms with Gasteiger partial charge in [0.05, 0.1) is 5.60 Å². The summed E-state index contributed by atoms with van der Waals surface area (Å²) in [4.78, 5) is 0. The van der Waals surface area contributed by atoms with Crippen LogP contribution in [0, 0.1) is 3.57 Å². The Hall–Kier alpha value is -0.130. The van der Waals surface area contributed by atoms with Crippen molar-refractivity contribution >= 4 is 22.6 Å². The molecule has 1 aliphatic heterocycles. The first-order valence-corrected chi connectivity index (χ1v) is 6.37. The van der Waals surface area contributed by atoms with Gasteiger partial charge in [0, 0.05) is 10.7 Å². The van der Waals surface area contributed by atoms with Crippen LogP contribution in [0.3, 0.4) is 0 Å². The molecule has 0 aromatic heterocycles. The van der Waals surface area contributed by atoms with Crippen LogP contribution in [0.5, 0.6) is 0 Å². The Morgan fingerprint density at radius 2 is 1.80 bits per heavy atom. The standard InChI is InChI=1S/C12H16INO/c1-15-12(6-8-14-9-7-12)10-2-4-11(13)5-3-10/h2-5,14H,6-9H2,1H3. The van der Waals surface area contributed by atoms with E-state index < -0.39 is 0 Å². The van der Waals surface area contributed by atoms with Crippen molar-refractivity contribution in [1.29, 1.82) is 0 Å². The monoisotopic (exact) mass is 317 g/mol. The number of hydrogen-bond donors (Lipinski definition) is 1. The van der Waals surface area contributed by atoms with E-state index in [0.717, 1.165) is 25.9 Å². The molecule has 1 aromatic rings. The summed E-state index contributed by atoms with van der Waals surface area (Å²) in [5, 5.41) is 3.37. The number of nitrogens with one attached hydrogen (secondary N) is 1. The topological polar surface area (TPSA) is 21.3 Å². The van der Waals surface area contributed by atoms with E-state index in [1.807, 2.05) is 7.11 Å². The predicted octanol–water partition coefficient (Wildman–Crippen LogP) is 2.52. The Kier molecular flexibility index (Phi) is 3.64. The molecule has 0 bridgehead atoms. The lowest BCUT2D eigenvalue weighted by molar-refractivity contribution is -0.0391. The van der Waals surface area contributed by atoms with E-state index in [9.17, 15) is 0 Å². The average Bonchev–Trinajstić information content (AvgIpc) is 2.31. The van der Waals surface area contributed by atoms with Crippen molar-refractivity contribution in [3.63, 3.8) is 0 Å². The molecule has 1 saturated heterocycles. The van der Waals surface area contributed by atoms with Gasteiger partial charge < -0.3 is 10.1 Å². The highest BCUT2D eigenvalue weighted by atomic mass is 127. The molecule has 0 aliphatic carbocycles. The zero-order valence-corrected chi connectivity index (χ0v) is 11.1. The van der Waals surface area contributed by atoms with E-state index >= 15 is 0 Å². The highest BCUT2D eigenvalue weighted by molar-refractivity contribution is 14.1. The smallest absolute Gasteiger partial charge is 0.0951 e. The number of benzene rings is 1. The Morgan fingerprint density at radius 1 is 1.20 bits per heavy atom. The lowest BCUT2D eigenvalue weighted by Crippen LogP contribution is -2.41. The maximum Gasteiger partial charge on any atom is 0.0951 e. The van der Waals surface area contributed by atoms with Gasteiger partial charge in [0.2, 0.25) is 0 Å². The molecule has 0 atom stereocenters. The largest absolute Gasteiger partial charge is 0.373 e. The van der Waals surface area contributed by atoms with E-state index in [2.05, 4.69) is 52.2 Å². The van der Waals surface area contributed by atoms with Crippen LogP contribution in [0.1, 0.15) is 18.4 Å². The molecule has 1 heterocycles. The summed E-state index contributed by atoms with van der Waals surface area (Å²) in [5.74, 6) is 0. The molecule has 0 radical (unpaired) electrons. The second kappa shape index (κ2) is 4.80. The molecule has 2 rings (SSSR count). The Balaban J connectivity index is 2.28. The van der Waals surface area contributed by atoms with Crippen LogP contribution in [0.15, 0.2) is 24.3 Å². The average molecular weight is 317 g/mol. The van der Waals surface area contributed by atoms with Gasteiger partial charge in [-0.1, -0.05) is 12.1 Å². The van der Waals surface area contributed by atoms with Crippen molar-refractivity contribution in [3.8, 4) is 0 Å². The van der Waals surface area contributed by atoms with E-state index in [1.54, 1.807) is 0 Å². The summed E-state index contributed by atoms with van der Waals surface area (Å²) in [6, 6.07) is 8.69. The fourth-order valence-corrected chi connectivity index (χ4v) is 2.55. The van der Waals surface area contributed by atoms with E-state index in [1.165, 1.54) is 9.13 Å². The molecular weight excluding hydrogens is 301 g/mol. The van der Waals surface area contributed by atoms with Crippen LogP contribution < -0.4 is 5.32 Å². The normalized spacial score (nSPS) is 20.1. The third kappa shape index (κ3) is 2.34. The molecule has 15 heavy (non-hydrogen) atoms. The maximum atomic E-state index is 5.76. The Morgan fingerprint density at radius 3 is 2.33 bits per heavy atom. The predicted molar refractivity (Wildman–Crippen MR) is 69.9 cm³/mol. The Bertz CT molecular complexity index is 317. The van der Waals surface area contributed by atoms with Gasteiger partial charge in [0.1, 0.15) is 0 Å². The first-order chi connectivity index (χ1) is 7.27. The molecule has 1 N–H and O–H groups in total. The number of rotatable bonds is 2. The molecule has 1 fully saturated rings. The van der Waals surface area contributed by atoms with Crippen molar-refractivity contribution in [2.45, 2.75) is 18.4 Å². The third-order valence-corrected chi connectivity index (χ3v) is 3.89. The second-order valence-corrected chi connectivity index (χ2v) is 5.20. The molecule has 82 valence electrons. The van der Waals surface area contributed by atoms with Gasteiger partial charge in [0.15, 0.2) is 0 Å². The lowest BCUT2D eigenvalue weighted by atomic mass is 9.85. The molecule has 2 nitrogen and oxygen atoms in total. The fraction of sp³-hybridized carbons (Fsp3) is 0.500. The SMILES string of the molecule is COC1(c2ccc(I)cc2)CCNCC1. The zero-order valence-electron chi connectivity index (χ0n) is 8.92. The highest BCUT2D eigenvalue weighted by Gasteiger charge is 2.33. The van der Waals surface area contributed by atoms with Crippen LogP contribution >= 0.6 is 22.6 Å². The van der Waals surface area contributed by atoms with Gasteiger partial charge in [-0.25, -0.2) is 0 Å². The summed E-state index contributed by atoms with van der Waals surface area (Å²) in [6.45, 7) is 2.08. The van der Waals surface area contributed by atoms with Crippen LogP contribution in [0.2, 0.25) is 0 Å². The van der Waals surface area contributed by atoms with Crippen molar-refractivity contribution in [1.82, 2.24) is 5.32 Å². The van der Waals surface area contributed by atoms with Crippen LogP contribution in [0.25, 0.3) is 0 Å². The number of halogens is 1. The minimum atomic E-state index is -0.0599. The fourth-order valence-electron chi connectivity index (χ4n) is 2.19. The summed E-state index contributed by atoms with van der Waals surface area (Å²) in [6.07, 6.45) is 2.12. The van der Waals surface area contributed by atoms with Crippen molar-refractivity contribution < 1.29 is 4.74 Å². The highest BCUT2D eigenvalue weighted by Crippen LogP contribution is 2.34. The second-order valence-electron chi connectivity index (χ2n) is 3.96. The first kappa shape index (κ1) is 11.4. The molecule has 0 spiro atoms. The molecule has 0 unspecified atom stereocenters. The number of piperidine rings is 1. The summed E-state index contributed by atoms with van der Waals surface area (Å²) < 4.78 is 7.04. The van der Waals surface area contributed by atoms with Crippen LogP contribution in [0.4, 0.5) is 0 Å². The molecular formula is C12H16INO. The van der Waals surface area contributed by atoms with Gasteiger partial charge in [-0.3, -0.25) is 0 Å². The number of ether oxygens (including phenoxy) is 1. The molecule has 0 saturated carbocycles. The van der Waals surface area contributed by atoms with Gasteiger partial charge in [-0.15, -0.1) is 0 Å². The van der Waals surface area contributed by atoms with E-state index in [-0.39, 0.29) is 5.60 Å². The molecule has 3 heteroatoms. The van der Waals surface area contributed by atoms with E-state index in [4.69, 9.17) is 4.74 Å². The van der Waals surface area contributed by atoms with Crippen molar-refractivity contribution in [2.75, 3.05) is 20.2 Å². The molecule has 0 amide bonds. The quantitative estimate of drug-likeness (QED) is 0.847. The zero-order chi connectivity index (χ0) is 10.7. The summed E-state index contributed by atoms with van der Waals surface area (Å²) in [5.41, 5.74) is 1.25. The van der Waals surface area contributed by atoms with Gasteiger partial charge in [-0.2, -0.15) is 0 Å². The van der Waals surface area contributed by atoms with Gasteiger partial charge in [-0.05, 0) is 66.2 Å². The molecule has 1 aliphatic rings. The third-order valence-electron chi connectivity index (χ3n) is 3.17. The van der Waals surface area contributed by atoms with Crippen molar-refractivity contribution in [3.05, 3.63) is 33.4 Å². The van der Waals surface area contributed by atoms with E-state index in [0.29, 0.717) is 0 Å². The number of methoxy groups -OCH3 is 1. The summed E-state index contributed by atoms with van der Waals surface area (Å²) in [7, 11) is 1.82. The minimum absolute atomic E-state index is 0.0599. The lowest BCUT2D eigenvalue weighted by Gasteiger charge is -2.36. The molecule has 1 aromatic carbocycles. The number of hydrogen-bond acceptors (Lipinski definition) is 2. The van der Waals surface area contributed by atoms with Crippen LogP contribution in [-0.4, -0.2) is 20.2 Å². The van der Waals surface area contributed by atoms with Gasteiger partial charge in [0.25, 0.3) is 0 Å². The summed E-state index contributed by atoms with van der Waals surface area (Å²) >= 11 is 2.33. The van der Waals surface area contributed by atoms with Crippen LogP contribution in [-0.2, 0) is 10.3 Å². The minimum Gasteiger partial charge on any atom is -0.373 e. The maximum absolute atomic E-state index is 5.76. The van der Waals surface area contributed by atoms with Gasteiger partial charge >= 0.3 is 0 Å². The van der Waals surface area contributed by atoms with Crippen molar-refractivity contribution in [2.24, 2.45) is 0 Å². The Labute approximate surface area is 105 Å². The first-order valence-electron chi connectivity index (χ1n) is 5.29.